The van der Waals surface area contributed by atoms with Gasteiger partial charge < -0.3 is 30.6 Å². The number of aliphatic hydroxyl groups is 2. The Balaban J connectivity index is 1.88. The van der Waals surface area contributed by atoms with Crippen molar-refractivity contribution in [2.45, 2.75) is 65.5 Å². The average molecular weight is 474 g/mol. The van der Waals surface area contributed by atoms with Crippen LogP contribution in [0, 0.1) is 0 Å². The van der Waals surface area contributed by atoms with Gasteiger partial charge in [-0.2, -0.15) is 0 Å². The highest BCUT2D eigenvalue weighted by Crippen LogP contribution is 2.26. The van der Waals surface area contributed by atoms with Crippen LogP contribution in [0.5, 0.6) is 0 Å². The zero-order chi connectivity index (χ0) is 24.8. The maximum Gasteiger partial charge on any atom is 0.0743 e. The second-order valence-electron chi connectivity index (χ2n) is 9.28. The van der Waals surface area contributed by atoms with Crippen molar-refractivity contribution in [3.8, 4) is 0 Å². The summed E-state index contributed by atoms with van der Waals surface area (Å²) in [6, 6.07) is 9.25. The van der Waals surface area contributed by atoms with E-state index in [9.17, 15) is 0 Å². The number of aliphatic hydroxyl groups excluding tert-OH is 2. The van der Waals surface area contributed by atoms with Crippen LogP contribution in [0.15, 0.2) is 30.5 Å². The number of hydrogen-bond acceptors (Lipinski definition) is 7. The van der Waals surface area contributed by atoms with E-state index in [1.165, 1.54) is 0 Å². The molecule has 2 atom stereocenters. The van der Waals surface area contributed by atoms with Crippen LogP contribution in [0.1, 0.15) is 53.4 Å². The summed E-state index contributed by atoms with van der Waals surface area (Å²) in [5, 5.41) is 26.7. The quantitative estimate of drug-likeness (QED) is 0.260. The van der Waals surface area contributed by atoms with Gasteiger partial charge in [0.15, 0.2) is 0 Å². The number of rotatable bonds is 18. The van der Waals surface area contributed by atoms with Crippen LogP contribution >= 0.6 is 0 Å². The van der Waals surface area contributed by atoms with Gasteiger partial charge in [-0.05, 0) is 90.0 Å². The fourth-order valence-electron chi connectivity index (χ4n) is 4.44. The Kier molecular flexibility index (Phi) is 13.2. The van der Waals surface area contributed by atoms with Crippen molar-refractivity contribution >= 4 is 22.3 Å². The molecule has 0 amide bonds. The Hall–Kier alpha value is -1.93. The molecule has 0 fully saturated rings. The summed E-state index contributed by atoms with van der Waals surface area (Å²) < 4.78 is 0. The van der Waals surface area contributed by atoms with E-state index in [0.717, 1.165) is 87.2 Å². The van der Waals surface area contributed by atoms with Crippen LogP contribution in [0.4, 0.5) is 11.4 Å². The second-order valence-corrected chi connectivity index (χ2v) is 9.28. The van der Waals surface area contributed by atoms with Crippen molar-refractivity contribution in [2.75, 3.05) is 63.1 Å². The van der Waals surface area contributed by atoms with E-state index in [1.807, 2.05) is 6.20 Å². The van der Waals surface area contributed by atoms with Gasteiger partial charge in [0.2, 0.25) is 0 Å². The van der Waals surface area contributed by atoms with Gasteiger partial charge in [-0.25, -0.2) is 0 Å². The maximum absolute atomic E-state index is 9.15. The maximum atomic E-state index is 9.15. The molecular formula is C27H47N5O2. The Morgan fingerprint density at radius 1 is 0.824 bits per heavy atom. The lowest BCUT2D eigenvalue weighted by Gasteiger charge is -2.22. The lowest BCUT2D eigenvalue weighted by Crippen LogP contribution is -2.28. The highest BCUT2D eigenvalue weighted by Gasteiger charge is 2.10. The topological polar surface area (TPSA) is 83.9 Å². The molecule has 192 valence electrons. The molecular weight excluding hydrogens is 426 g/mol. The number of hydrogen-bond donors (Lipinski definition) is 4. The molecule has 0 radical (unpaired) electrons. The van der Waals surface area contributed by atoms with E-state index in [2.05, 4.69) is 77.4 Å². The lowest BCUT2D eigenvalue weighted by atomic mass is 10.1. The number of anilines is 2. The molecule has 7 nitrogen and oxygen atoms in total. The molecule has 0 aliphatic heterocycles. The van der Waals surface area contributed by atoms with E-state index in [0.29, 0.717) is 12.1 Å². The first kappa shape index (κ1) is 28.3. The van der Waals surface area contributed by atoms with Crippen LogP contribution in [-0.4, -0.2) is 89.6 Å². The van der Waals surface area contributed by atoms with Gasteiger partial charge in [0.1, 0.15) is 0 Å². The van der Waals surface area contributed by atoms with Crippen LogP contribution < -0.4 is 10.6 Å². The van der Waals surface area contributed by atoms with Gasteiger partial charge in [0.25, 0.3) is 0 Å². The summed E-state index contributed by atoms with van der Waals surface area (Å²) in [7, 11) is 0. The first-order valence-corrected chi connectivity index (χ1v) is 13.1. The number of fused-ring (bicyclic) bond motifs is 1. The summed E-state index contributed by atoms with van der Waals surface area (Å²) in [6.07, 6.45) is 6.25. The Labute approximate surface area is 206 Å². The summed E-state index contributed by atoms with van der Waals surface area (Å²) in [6.45, 7) is 14.7. The molecule has 0 aliphatic rings. The summed E-state index contributed by atoms with van der Waals surface area (Å²) in [4.78, 5) is 9.19. The molecule has 34 heavy (non-hydrogen) atoms. The fourth-order valence-corrected chi connectivity index (χ4v) is 4.44. The van der Waals surface area contributed by atoms with Crippen molar-refractivity contribution in [3.05, 3.63) is 30.5 Å². The normalized spacial score (nSPS) is 13.5. The van der Waals surface area contributed by atoms with Crippen LogP contribution in [0.25, 0.3) is 10.9 Å². The lowest BCUT2D eigenvalue weighted by molar-refractivity contribution is 0.199. The monoisotopic (exact) mass is 473 g/mol. The van der Waals surface area contributed by atoms with E-state index < -0.39 is 0 Å². The number of likely N-dealkylation sites (N-methyl/N-ethyl adjacent to an activating group) is 2. The van der Waals surface area contributed by atoms with Gasteiger partial charge in [-0.3, -0.25) is 4.98 Å². The summed E-state index contributed by atoms with van der Waals surface area (Å²) >= 11 is 0. The number of aromatic nitrogens is 1. The van der Waals surface area contributed by atoms with Crippen molar-refractivity contribution < 1.29 is 10.2 Å². The molecule has 0 bridgehead atoms. The van der Waals surface area contributed by atoms with Crippen LogP contribution in [0.2, 0.25) is 0 Å². The minimum Gasteiger partial charge on any atom is -0.395 e. The largest absolute Gasteiger partial charge is 0.395 e. The molecule has 1 heterocycles. The van der Waals surface area contributed by atoms with E-state index in [1.54, 1.807) is 0 Å². The van der Waals surface area contributed by atoms with Crippen molar-refractivity contribution in [1.29, 1.82) is 0 Å². The Morgan fingerprint density at radius 3 is 1.97 bits per heavy atom. The molecule has 1 aromatic heterocycles. The number of nitrogens with one attached hydrogen (secondary N) is 2. The third-order valence-electron chi connectivity index (χ3n) is 6.51. The number of pyridine rings is 1. The average Bonchev–Trinajstić information content (AvgIpc) is 2.83. The van der Waals surface area contributed by atoms with Crippen molar-refractivity contribution in [1.82, 2.24) is 14.8 Å². The highest BCUT2D eigenvalue weighted by atomic mass is 16.3. The predicted molar refractivity (Wildman–Crippen MR) is 145 cm³/mol. The molecule has 0 saturated carbocycles. The predicted octanol–water partition coefficient (Wildman–Crippen LogP) is 4.02. The highest BCUT2D eigenvalue weighted by molar-refractivity contribution is 5.93. The van der Waals surface area contributed by atoms with E-state index in [-0.39, 0.29) is 13.2 Å². The van der Waals surface area contributed by atoms with Crippen LogP contribution in [0.3, 0.4) is 0 Å². The zero-order valence-electron chi connectivity index (χ0n) is 21.8. The molecule has 0 aliphatic carbocycles. The van der Waals surface area contributed by atoms with Gasteiger partial charge in [0, 0.05) is 48.1 Å². The molecule has 4 N–H and O–H groups in total. The third kappa shape index (κ3) is 9.74. The number of nitrogens with zero attached hydrogens (tertiary/aromatic N) is 3. The fraction of sp³-hybridized carbons (Fsp3) is 0.667. The van der Waals surface area contributed by atoms with Crippen molar-refractivity contribution in [3.63, 3.8) is 0 Å². The first-order valence-electron chi connectivity index (χ1n) is 13.1. The standard InChI is InChI=1S/C27H47N5O2/c1-5-31(17-19-33)15-7-9-22(3)29-24-11-12-25-26(13-14-28-27(25)21-24)30-23(4)10-8-16-32(6-2)18-20-34/h11-14,21-23,29,33-34H,5-10,15-20H2,1-4H3,(H,28,30). The molecule has 2 unspecified atom stereocenters. The van der Waals surface area contributed by atoms with E-state index >= 15 is 0 Å². The third-order valence-corrected chi connectivity index (χ3v) is 6.51. The molecule has 2 rings (SSSR count). The molecule has 2 aromatic rings. The molecule has 0 saturated heterocycles. The van der Waals surface area contributed by atoms with Gasteiger partial charge in [-0.1, -0.05) is 13.8 Å². The SMILES string of the molecule is CCN(CCO)CCCC(C)Nc1ccc2c(NC(C)CCCN(CC)CCO)ccnc2c1. The van der Waals surface area contributed by atoms with Gasteiger partial charge in [-0.15, -0.1) is 0 Å². The molecule has 0 spiro atoms. The Bertz CT molecular complexity index is 819. The summed E-state index contributed by atoms with van der Waals surface area (Å²) in [5.74, 6) is 0. The van der Waals surface area contributed by atoms with Gasteiger partial charge in [0.05, 0.1) is 18.7 Å². The molecule has 7 heteroatoms. The molecule has 1 aromatic carbocycles. The number of benzene rings is 1. The van der Waals surface area contributed by atoms with Crippen LogP contribution in [-0.2, 0) is 0 Å². The smallest absolute Gasteiger partial charge is 0.0743 e. The first-order chi connectivity index (χ1) is 16.5. The van der Waals surface area contributed by atoms with Gasteiger partial charge >= 0.3 is 0 Å². The zero-order valence-corrected chi connectivity index (χ0v) is 21.8. The minimum absolute atomic E-state index is 0.225. The van der Waals surface area contributed by atoms with E-state index in [4.69, 9.17) is 10.2 Å². The van der Waals surface area contributed by atoms with Crippen molar-refractivity contribution in [2.24, 2.45) is 0 Å². The summed E-state index contributed by atoms with van der Waals surface area (Å²) in [5.41, 5.74) is 3.22. The Morgan fingerprint density at radius 2 is 1.41 bits per heavy atom. The second kappa shape index (κ2) is 15.9. The minimum atomic E-state index is 0.225.